The third kappa shape index (κ3) is 2.74. The first-order valence-electron chi connectivity index (χ1n) is 4.86. The average molecular weight is 231 g/mol. The van der Waals surface area contributed by atoms with E-state index in [1.54, 1.807) is 0 Å². The largest absolute Gasteiger partial charge is 0.416 e. The third-order valence-corrected chi connectivity index (χ3v) is 2.16. The Hall–Kier alpha value is -1.52. The molecule has 88 valence electrons. The summed E-state index contributed by atoms with van der Waals surface area (Å²) in [5.41, 5.74) is 4.64. The topological polar surface area (TPSA) is 43.1 Å². The van der Waals surface area contributed by atoms with Crippen molar-refractivity contribution in [3.05, 3.63) is 29.3 Å². The Bertz CT molecular complexity index is 399. The van der Waals surface area contributed by atoms with Gasteiger partial charge in [-0.05, 0) is 24.6 Å². The number of Topliss-reactive ketones (excluding diaryl/α,β-unsaturated/α-hetero) is 1. The van der Waals surface area contributed by atoms with Gasteiger partial charge in [0.15, 0.2) is 5.78 Å². The number of ketones is 1. The number of hydrogen-bond acceptors (Lipinski definition) is 2. The van der Waals surface area contributed by atoms with Crippen LogP contribution in [0, 0.1) is 0 Å². The molecule has 0 aliphatic carbocycles. The van der Waals surface area contributed by atoms with Crippen LogP contribution in [0.15, 0.2) is 18.2 Å². The van der Waals surface area contributed by atoms with Crippen LogP contribution in [0.2, 0.25) is 0 Å². The van der Waals surface area contributed by atoms with Crippen molar-refractivity contribution in [3.8, 4) is 0 Å². The van der Waals surface area contributed by atoms with Crippen molar-refractivity contribution < 1.29 is 18.0 Å². The van der Waals surface area contributed by atoms with E-state index >= 15 is 0 Å². The Kier molecular flexibility index (Phi) is 3.57. The molecule has 0 bridgehead atoms. The van der Waals surface area contributed by atoms with Gasteiger partial charge in [0, 0.05) is 17.7 Å². The zero-order valence-corrected chi connectivity index (χ0v) is 8.77. The third-order valence-electron chi connectivity index (χ3n) is 2.16. The van der Waals surface area contributed by atoms with Crippen LogP contribution in [0.4, 0.5) is 18.9 Å². The molecule has 0 amide bonds. The summed E-state index contributed by atoms with van der Waals surface area (Å²) in [5, 5.41) is 0. The highest BCUT2D eigenvalue weighted by Gasteiger charge is 2.31. The molecular formula is C11H12F3NO. The van der Waals surface area contributed by atoms with Crippen molar-refractivity contribution in [2.75, 3.05) is 5.73 Å². The highest BCUT2D eigenvalue weighted by molar-refractivity contribution is 6.00. The second-order valence-electron chi connectivity index (χ2n) is 3.47. The quantitative estimate of drug-likeness (QED) is 0.640. The van der Waals surface area contributed by atoms with Gasteiger partial charge in [-0.3, -0.25) is 4.79 Å². The summed E-state index contributed by atoms with van der Waals surface area (Å²) in [7, 11) is 0. The second-order valence-corrected chi connectivity index (χ2v) is 3.47. The molecule has 0 unspecified atom stereocenters. The lowest BCUT2D eigenvalue weighted by Gasteiger charge is -2.09. The van der Waals surface area contributed by atoms with Crippen molar-refractivity contribution in [1.29, 1.82) is 0 Å². The van der Waals surface area contributed by atoms with E-state index in [9.17, 15) is 18.0 Å². The molecule has 0 aliphatic heterocycles. The highest BCUT2D eigenvalue weighted by atomic mass is 19.4. The molecule has 0 saturated heterocycles. The van der Waals surface area contributed by atoms with Crippen LogP contribution < -0.4 is 5.73 Å². The van der Waals surface area contributed by atoms with Gasteiger partial charge in [0.05, 0.1) is 5.56 Å². The zero-order valence-electron chi connectivity index (χ0n) is 8.77. The van der Waals surface area contributed by atoms with Crippen molar-refractivity contribution >= 4 is 11.5 Å². The second kappa shape index (κ2) is 4.55. The van der Waals surface area contributed by atoms with Crippen LogP contribution in [-0.4, -0.2) is 5.78 Å². The van der Waals surface area contributed by atoms with Gasteiger partial charge in [0.25, 0.3) is 0 Å². The van der Waals surface area contributed by atoms with Crippen LogP contribution >= 0.6 is 0 Å². The van der Waals surface area contributed by atoms with Crippen molar-refractivity contribution in [2.24, 2.45) is 0 Å². The van der Waals surface area contributed by atoms with Gasteiger partial charge in [-0.2, -0.15) is 13.2 Å². The first-order chi connectivity index (χ1) is 7.36. The van der Waals surface area contributed by atoms with E-state index in [-0.39, 0.29) is 23.5 Å². The van der Waals surface area contributed by atoms with Gasteiger partial charge in [-0.1, -0.05) is 6.92 Å². The molecule has 2 N–H and O–H groups in total. The Morgan fingerprint density at radius 2 is 2.00 bits per heavy atom. The molecule has 2 nitrogen and oxygen atoms in total. The maximum atomic E-state index is 12.3. The molecule has 0 saturated carbocycles. The van der Waals surface area contributed by atoms with E-state index in [4.69, 9.17) is 5.73 Å². The fraction of sp³-hybridized carbons (Fsp3) is 0.364. The fourth-order valence-corrected chi connectivity index (χ4v) is 1.35. The van der Waals surface area contributed by atoms with Gasteiger partial charge in [-0.15, -0.1) is 0 Å². The lowest BCUT2D eigenvalue weighted by atomic mass is 10.0. The molecule has 0 heterocycles. The molecule has 1 aromatic carbocycles. The average Bonchev–Trinajstić information content (AvgIpc) is 2.16. The number of halogens is 3. The van der Waals surface area contributed by atoms with Crippen LogP contribution in [0.3, 0.4) is 0 Å². The van der Waals surface area contributed by atoms with Gasteiger partial charge >= 0.3 is 6.18 Å². The number of nitrogens with two attached hydrogens (primary N) is 1. The first kappa shape index (κ1) is 12.5. The molecular weight excluding hydrogens is 219 g/mol. The summed E-state index contributed by atoms with van der Waals surface area (Å²) in [6.45, 7) is 1.82. The maximum absolute atomic E-state index is 12.3. The van der Waals surface area contributed by atoms with Gasteiger partial charge in [0.1, 0.15) is 0 Å². The predicted octanol–water partition coefficient (Wildman–Crippen LogP) is 3.27. The summed E-state index contributed by atoms with van der Waals surface area (Å²) in [4.78, 5) is 11.5. The molecule has 1 aromatic rings. The van der Waals surface area contributed by atoms with Crippen molar-refractivity contribution in [1.82, 2.24) is 0 Å². The molecule has 16 heavy (non-hydrogen) atoms. The van der Waals surface area contributed by atoms with Gasteiger partial charge in [-0.25, -0.2) is 0 Å². The Morgan fingerprint density at radius 3 is 2.44 bits per heavy atom. The number of carbonyl (C=O) groups is 1. The smallest absolute Gasteiger partial charge is 0.398 e. The summed E-state index contributed by atoms with van der Waals surface area (Å²) >= 11 is 0. The van der Waals surface area contributed by atoms with Gasteiger partial charge in [0.2, 0.25) is 0 Å². The molecule has 0 aromatic heterocycles. The van der Waals surface area contributed by atoms with Crippen molar-refractivity contribution in [3.63, 3.8) is 0 Å². The minimum atomic E-state index is -4.43. The minimum Gasteiger partial charge on any atom is -0.398 e. The fourth-order valence-electron chi connectivity index (χ4n) is 1.35. The van der Waals surface area contributed by atoms with E-state index in [1.165, 1.54) is 0 Å². The normalized spacial score (nSPS) is 11.5. The Balaban J connectivity index is 3.05. The molecule has 1 rings (SSSR count). The van der Waals surface area contributed by atoms with Crippen LogP contribution in [0.25, 0.3) is 0 Å². The number of anilines is 1. The number of hydrogen-bond donors (Lipinski definition) is 1. The zero-order chi connectivity index (χ0) is 12.3. The standard InChI is InChI=1S/C11H12F3NO/c1-2-3-10(16)8-5-4-7(6-9(8)15)11(12,13)14/h4-6H,2-3,15H2,1H3. The lowest BCUT2D eigenvalue weighted by molar-refractivity contribution is -0.137. The molecule has 0 radical (unpaired) electrons. The number of benzene rings is 1. The minimum absolute atomic E-state index is 0.117. The molecule has 0 aliphatic rings. The number of rotatable bonds is 3. The van der Waals surface area contributed by atoms with E-state index in [2.05, 4.69) is 0 Å². The van der Waals surface area contributed by atoms with Crippen LogP contribution in [-0.2, 0) is 6.18 Å². The van der Waals surface area contributed by atoms with Gasteiger partial charge < -0.3 is 5.73 Å². The van der Waals surface area contributed by atoms with Crippen molar-refractivity contribution in [2.45, 2.75) is 25.9 Å². The van der Waals surface area contributed by atoms with E-state index < -0.39 is 11.7 Å². The monoisotopic (exact) mass is 231 g/mol. The molecule has 5 heteroatoms. The Morgan fingerprint density at radius 1 is 1.38 bits per heavy atom. The summed E-state index contributed by atoms with van der Waals surface area (Å²) in [5.74, 6) is -0.228. The lowest BCUT2D eigenvalue weighted by Crippen LogP contribution is -2.09. The summed E-state index contributed by atoms with van der Waals surface area (Å²) in [6.07, 6.45) is -3.50. The highest BCUT2D eigenvalue weighted by Crippen LogP contribution is 2.31. The molecule has 0 atom stereocenters. The SMILES string of the molecule is CCCC(=O)c1ccc(C(F)(F)F)cc1N. The first-order valence-corrected chi connectivity index (χ1v) is 4.86. The number of alkyl halides is 3. The van der Waals surface area contributed by atoms with E-state index in [0.717, 1.165) is 18.2 Å². The number of nitrogen functional groups attached to an aromatic ring is 1. The summed E-state index contributed by atoms with van der Waals surface area (Å²) < 4.78 is 36.9. The summed E-state index contributed by atoms with van der Waals surface area (Å²) in [6, 6.07) is 2.80. The van der Waals surface area contributed by atoms with E-state index in [1.807, 2.05) is 6.92 Å². The number of carbonyl (C=O) groups excluding carboxylic acids is 1. The molecule has 0 fully saturated rings. The van der Waals surface area contributed by atoms with E-state index in [0.29, 0.717) is 6.42 Å². The molecule has 0 spiro atoms. The van der Waals surface area contributed by atoms with Crippen LogP contribution in [0.5, 0.6) is 0 Å². The predicted molar refractivity (Wildman–Crippen MR) is 55.1 cm³/mol. The van der Waals surface area contributed by atoms with Crippen LogP contribution in [0.1, 0.15) is 35.7 Å². The Labute approximate surface area is 91.3 Å². The maximum Gasteiger partial charge on any atom is 0.416 e.